The van der Waals surface area contributed by atoms with Gasteiger partial charge in [-0.3, -0.25) is 4.57 Å². The molecule has 0 unspecified atom stereocenters. The van der Waals surface area contributed by atoms with Crippen molar-refractivity contribution >= 4 is 0 Å². The molecule has 0 atom stereocenters. The molecule has 0 bridgehead atoms. The van der Waals surface area contributed by atoms with Gasteiger partial charge in [-0.25, -0.2) is 15.0 Å². The third-order valence-electron chi connectivity index (χ3n) is 2.54. The molecule has 0 saturated heterocycles. The lowest BCUT2D eigenvalue weighted by atomic mass is 10.2. The van der Waals surface area contributed by atoms with Gasteiger partial charge in [0.25, 0.3) is 0 Å². The van der Waals surface area contributed by atoms with E-state index in [0.717, 1.165) is 23.5 Å². The average Bonchev–Trinajstić information content (AvgIpc) is 2.77. The summed E-state index contributed by atoms with van der Waals surface area (Å²) in [7, 11) is 0. The molecule has 0 aliphatic heterocycles. The predicted octanol–water partition coefficient (Wildman–Crippen LogP) is 0.992. The van der Waals surface area contributed by atoms with E-state index in [1.807, 2.05) is 17.7 Å². The Hall–Kier alpha value is -1.75. The second kappa shape index (κ2) is 4.40. The van der Waals surface area contributed by atoms with Crippen molar-refractivity contribution < 1.29 is 0 Å². The normalized spacial score (nSPS) is 10.7. The molecule has 2 rings (SSSR count). The molecule has 0 aliphatic rings. The van der Waals surface area contributed by atoms with E-state index >= 15 is 0 Å². The van der Waals surface area contributed by atoms with Crippen molar-refractivity contribution in [2.45, 2.75) is 26.8 Å². The maximum Gasteiger partial charge on any atom is 0.235 e. The number of nitrogens with zero attached hydrogens (tertiary/aromatic N) is 4. The molecule has 0 aromatic carbocycles. The van der Waals surface area contributed by atoms with Gasteiger partial charge in [0, 0.05) is 42.8 Å². The SMILES string of the molecule is CCc1nccn1-c1ncc(CN)c(C)n1. The third-order valence-corrected chi connectivity index (χ3v) is 2.54. The Morgan fingerprint density at radius 1 is 1.38 bits per heavy atom. The van der Waals surface area contributed by atoms with Gasteiger partial charge >= 0.3 is 0 Å². The van der Waals surface area contributed by atoms with Crippen LogP contribution in [-0.2, 0) is 13.0 Å². The summed E-state index contributed by atoms with van der Waals surface area (Å²) in [4.78, 5) is 13.0. The minimum atomic E-state index is 0.469. The Morgan fingerprint density at radius 3 is 2.81 bits per heavy atom. The summed E-state index contributed by atoms with van der Waals surface area (Å²) < 4.78 is 1.90. The fourth-order valence-corrected chi connectivity index (χ4v) is 1.57. The minimum Gasteiger partial charge on any atom is -0.326 e. The highest BCUT2D eigenvalue weighted by Crippen LogP contribution is 2.09. The van der Waals surface area contributed by atoms with Crippen molar-refractivity contribution in [1.82, 2.24) is 19.5 Å². The van der Waals surface area contributed by atoms with Crippen LogP contribution in [0.3, 0.4) is 0 Å². The molecule has 0 amide bonds. The zero-order valence-electron chi connectivity index (χ0n) is 9.51. The molecular weight excluding hydrogens is 202 g/mol. The van der Waals surface area contributed by atoms with Crippen LogP contribution in [0.2, 0.25) is 0 Å². The van der Waals surface area contributed by atoms with E-state index in [-0.39, 0.29) is 0 Å². The van der Waals surface area contributed by atoms with E-state index in [9.17, 15) is 0 Å². The summed E-state index contributed by atoms with van der Waals surface area (Å²) in [5.41, 5.74) is 7.47. The molecule has 0 aliphatic carbocycles. The van der Waals surface area contributed by atoms with E-state index in [4.69, 9.17) is 5.73 Å². The molecular formula is C11H15N5. The Kier molecular flexibility index (Phi) is 2.96. The van der Waals surface area contributed by atoms with E-state index in [1.54, 1.807) is 12.4 Å². The van der Waals surface area contributed by atoms with Crippen molar-refractivity contribution in [2.75, 3.05) is 0 Å². The molecule has 0 saturated carbocycles. The Labute approximate surface area is 94.4 Å². The quantitative estimate of drug-likeness (QED) is 0.832. The highest BCUT2D eigenvalue weighted by molar-refractivity contribution is 5.23. The monoisotopic (exact) mass is 217 g/mol. The van der Waals surface area contributed by atoms with E-state index in [2.05, 4.69) is 21.9 Å². The van der Waals surface area contributed by atoms with Crippen molar-refractivity contribution in [2.24, 2.45) is 5.73 Å². The predicted molar refractivity (Wildman–Crippen MR) is 61.2 cm³/mol. The minimum absolute atomic E-state index is 0.469. The number of rotatable bonds is 3. The van der Waals surface area contributed by atoms with Gasteiger partial charge in [-0.15, -0.1) is 0 Å². The van der Waals surface area contributed by atoms with Crippen molar-refractivity contribution in [3.05, 3.63) is 35.7 Å². The van der Waals surface area contributed by atoms with Crippen LogP contribution in [0.15, 0.2) is 18.6 Å². The third kappa shape index (κ3) is 1.81. The summed E-state index contributed by atoms with van der Waals surface area (Å²) in [6, 6.07) is 0. The number of nitrogens with two attached hydrogens (primary N) is 1. The second-order valence-corrected chi connectivity index (χ2v) is 3.55. The van der Waals surface area contributed by atoms with Crippen LogP contribution >= 0.6 is 0 Å². The van der Waals surface area contributed by atoms with Gasteiger partial charge in [-0.05, 0) is 6.92 Å². The summed E-state index contributed by atoms with van der Waals surface area (Å²) >= 11 is 0. The Morgan fingerprint density at radius 2 is 2.19 bits per heavy atom. The Bertz CT molecular complexity index is 489. The molecule has 2 aromatic rings. The first kappa shape index (κ1) is 10.8. The number of imidazole rings is 1. The van der Waals surface area contributed by atoms with Gasteiger partial charge in [0.2, 0.25) is 5.95 Å². The topological polar surface area (TPSA) is 69.6 Å². The zero-order valence-corrected chi connectivity index (χ0v) is 9.51. The van der Waals surface area contributed by atoms with E-state index in [0.29, 0.717) is 12.5 Å². The van der Waals surface area contributed by atoms with Gasteiger partial charge in [-0.1, -0.05) is 6.92 Å². The van der Waals surface area contributed by atoms with E-state index in [1.165, 1.54) is 0 Å². The lowest BCUT2D eigenvalue weighted by molar-refractivity contribution is 0.818. The lowest BCUT2D eigenvalue weighted by Crippen LogP contribution is -2.08. The number of hydrogen-bond acceptors (Lipinski definition) is 4. The molecule has 5 nitrogen and oxygen atoms in total. The number of aryl methyl sites for hydroxylation is 2. The molecule has 2 N–H and O–H groups in total. The lowest BCUT2D eigenvalue weighted by Gasteiger charge is -2.07. The van der Waals surface area contributed by atoms with Gasteiger partial charge < -0.3 is 5.73 Å². The highest BCUT2D eigenvalue weighted by Gasteiger charge is 2.07. The van der Waals surface area contributed by atoms with Crippen LogP contribution < -0.4 is 5.73 Å². The smallest absolute Gasteiger partial charge is 0.235 e. The number of aromatic nitrogens is 4. The van der Waals surface area contributed by atoms with Crippen LogP contribution in [0.1, 0.15) is 24.0 Å². The zero-order chi connectivity index (χ0) is 11.5. The summed E-state index contributed by atoms with van der Waals surface area (Å²) in [5, 5.41) is 0. The molecule has 16 heavy (non-hydrogen) atoms. The standard InChI is InChI=1S/C11H15N5/c1-3-10-13-4-5-16(10)11-14-7-9(6-12)8(2)15-11/h4-5,7H,3,6,12H2,1-2H3. The van der Waals surface area contributed by atoms with Crippen LogP contribution in [0.5, 0.6) is 0 Å². The van der Waals surface area contributed by atoms with Crippen molar-refractivity contribution in [3.63, 3.8) is 0 Å². The van der Waals surface area contributed by atoms with Gasteiger partial charge in [0.15, 0.2) is 0 Å². The molecule has 2 heterocycles. The van der Waals surface area contributed by atoms with E-state index < -0.39 is 0 Å². The van der Waals surface area contributed by atoms with Crippen LogP contribution in [0.4, 0.5) is 0 Å². The molecule has 5 heteroatoms. The number of hydrogen-bond donors (Lipinski definition) is 1. The van der Waals surface area contributed by atoms with Crippen LogP contribution in [-0.4, -0.2) is 19.5 Å². The summed E-state index contributed by atoms with van der Waals surface area (Å²) in [6.45, 7) is 4.46. The summed E-state index contributed by atoms with van der Waals surface area (Å²) in [6.07, 6.45) is 6.26. The molecule has 0 fully saturated rings. The Balaban J connectivity index is 2.45. The van der Waals surface area contributed by atoms with Crippen LogP contribution in [0, 0.1) is 6.92 Å². The fourth-order valence-electron chi connectivity index (χ4n) is 1.57. The van der Waals surface area contributed by atoms with Gasteiger partial charge in [-0.2, -0.15) is 0 Å². The largest absolute Gasteiger partial charge is 0.326 e. The van der Waals surface area contributed by atoms with Gasteiger partial charge in [0.05, 0.1) is 0 Å². The van der Waals surface area contributed by atoms with Crippen LogP contribution in [0.25, 0.3) is 5.95 Å². The molecule has 84 valence electrons. The van der Waals surface area contributed by atoms with Crippen molar-refractivity contribution in [3.8, 4) is 5.95 Å². The molecule has 2 aromatic heterocycles. The molecule has 0 spiro atoms. The maximum atomic E-state index is 5.58. The average molecular weight is 217 g/mol. The fraction of sp³-hybridized carbons (Fsp3) is 0.364. The summed E-state index contributed by atoms with van der Waals surface area (Å²) in [5.74, 6) is 1.61. The molecule has 0 radical (unpaired) electrons. The first-order valence-electron chi connectivity index (χ1n) is 5.31. The van der Waals surface area contributed by atoms with Crippen molar-refractivity contribution in [1.29, 1.82) is 0 Å². The maximum absolute atomic E-state index is 5.58. The first-order chi connectivity index (χ1) is 7.76. The van der Waals surface area contributed by atoms with Gasteiger partial charge in [0.1, 0.15) is 5.82 Å². The highest BCUT2D eigenvalue weighted by atomic mass is 15.2. The second-order valence-electron chi connectivity index (χ2n) is 3.55. The first-order valence-corrected chi connectivity index (χ1v) is 5.31.